The molecule has 100 valence electrons. The topological polar surface area (TPSA) is 91.6 Å². The molecule has 1 heterocycles. The molecule has 6 nitrogen and oxygen atoms in total. The smallest absolute Gasteiger partial charge is 0.329 e. The second-order valence-electron chi connectivity index (χ2n) is 3.98. The van der Waals surface area contributed by atoms with Crippen LogP contribution in [-0.4, -0.2) is 22.6 Å². The van der Waals surface area contributed by atoms with Gasteiger partial charge in [0.25, 0.3) is 0 Å². The quantitative estimate of drug-likeness (QED) is 0.720. The van der Waals surface area contributed by atoms with Crippen LogP contribution in [0.3, 0.4) is 0 Å². The molecule has 0 bridgehead atoms. The Bertz CT molecular complexity index is 396. The van der Waals surface area contributed by atoms with Gasteiger partial charge >= 0.3 is 12.0 Å². The van der Waals surface area contributed by atoms with Crippen molar-refractivity contribution in [1.82, 2.24) is 10.6 Å². The van der Waals surface area contributed by atoms with E-state index < -0.39 is 17.5 Å². The minimum absolute atomic E-state index is 0.224. The van der Waals surface area contributed by atoms with Crippen LogP contribution < -0.4 is 10.6 Å². The SMILES string of the molecule is CCC(CC)(NC(=O)NCc1ccco1)C(=O)O. The summed E-state index contributed by atoms with van der Waals surface area (Å²) in [5.41, 5.74) is -1.22. The van der Waals surface area contributed by atoms with Gasteiger partial charge in [0.05, 0.1) is 12.8 Å². The highest BCUT2D eigenvalue weighted by molar-refractivity contribution is 5.86. The van der Waals surface area contributed by atoms with Crippen molar-refractivity contribution in [3.63, 3.8) is 0 Å². The third-order valence-corrected chi connectivity index (χ3v) is 2.97. The van der Waals surface area contributed by atoms with E-state index in [0.717, 1.165) is 0 Å². The van der Waals surface area contributed by atoms with Gasteiger partial charge in [-0.1, -0.05) is 13.8 Å². The molecule has 0 atom stereocenters. The van der Waals surface area contributed by atoms with Crippen LogP contribution in [0.1, 0.15) is 32.4 Å². The number of hydrogen-bond donors (Lipinski definition) is 3. The molecule has 18 heavy (non-hydrogen) atoms. The van der Waals surface area contributed by atoms with Crippen LogP contribution in [0.25, 0.3) is 0 Å². The summed E-state index contributed by atoms with van der Waals surface area (Å²) in [6.45, 7) is 3.68. The zero-order valence-corrected chi connectivity index (χ0v) is 10.5. The van der Waals surface area contributed by atoms with Crippen LogP contribution in [0.5, 0.6) is 0 Å². The van der Waals surface area contributed by atoms with Gasteiger partial charge in [0.1, 0.15) is 11.3 Å². The first-order valence-electron chi connectivity index (χ1n) is 5.86. The zero-order chi connectivity index (χ0) is 13.6. The predicted molar refractivity (Wildman–Crippen MR) is 65.0 cm³/mol. The highest BCUT2D eigenvalue weighted by Gasteiger charge is 2.36. The first-order valence-corrected chi connectivity index (χ1v) is 5.86. The third kappa shape index (κ3) is 3.26. The molecule has 0 fully saturated rings. The van der Waals surface area contributed by atoms with Crippen LogP contribution in [0.15, 0.2) is 22.8 Å². The zero-order valence-electron chi connectivity index (χ0n) is 10.5. The molecule has 0 saturated carbocycles. The summed E-state index contributed by atoms with van der Waals surface area (Å²) in [6.07, 6.45) is 2.16. The number of nitrogens with one attached hydrogen (secondary N) is 2. The Balaban J connectivity index is 2.54. The van der Waals surface area contributed by atoms with E-state index in [1.165, 1.54) is 6.26 Å². The molecule has 1 aromatic heterocycles. The van der Waals surface area contributed by atoms with Crippen molar-refractivity contribution in [3.05, 3.63) is 24.2 Å². The fraction of sp³-hybridized carbons (Fsp3) is 0.500. The molecule has 3 N–H and O–H groups in total. The van der Waals surface area contributed by atoms with Crippen LogP contribution >= 0.6 is 0 Å². The molecule has 1 rings (SSSR count). The molecule has 0 unspecified atom stereocenters. The molecular formula is C12H18N2O4. The van der Waals surface area contributed by atoms with E-state index in [-0.39, 0.29) is 6.54 Å². The largest absolute Gasteiger partial charge is 0.480 e. The lowest BCUT2D eigenvalue weighted by Gasteiger charge is -2.27. The summed E-state index contributed by atoms with van der Waals surface area (Å²) in [7, 11) is 0. The minimum atomic E-state index is -1.22. The lowest BCUT2D eigenvalue weighted by Crippen LogP contribution is -2.56. The molecular weight excluding hydrogens is 236 g/mol. The van der Waals surface area contributed by atoms with Crippen molar-refractivity contribution in [2.24, 2.45) is 0 Å². The highest BCUT2D eigenvalue weighted by atomic mass is 16.4. The van der Waals surface area contributed by atoms with Gasteiger partial charge in [0, 0.05) is 0 Å². The summed E-state index contributed by atoms with van der Waals surface area (Å²) < 4.78 is 5.06. The fourth-order valence-corrected chi connectivity index (χ4v) is 1.62. The van der Waals surface area contributed by atoms with Crippen molar-refractivity contribution >= 4 is 12.0 Å². The van der Waals surface area contributed by atoms with Gasteiger partial charge in [-0.15, -0.1) is 0 Å². The van der Waals surface area contributed by atoms with Gasteiger partial charge in [0.15, 0.2) is 0 Å². The van der Waals surface area contributed by atoms with Crippen molar-refractivity contribution in [1.29, 1.82) is 0 Å². The maximum absolute atomic E-state index is 11.6. The van der Waals surface area contributed by atoms with Crippen molar-refractivity contribution in [2.75, 3.05) is 0 Å². The van der Waals surface area contributed by atoms with Crippen molar-refractivity contribution in [2.45, 2.75) is 38.8 Å². The molecule has 0 aliphatic rings. The summed E-state index contributed by atoms with van der Waals surface area (Å²) in [4.78, 5) is 22.8. The molecule has 2 amide bonds. The highest BCUT2D eigenvalue weighted by Crippen LogP contribution is 2.15. The number of carboxylic acid groups (broad SMARTS) is 1. The summed E-state index contributed by atoms with van der Waals surface area (Å²) in [5.74, 6) is -0.417. The van der Waals surface area contributed by atoms with Gasteiger partial charge in [-0.05, 0) is 25.0 Å². The molecule has 0 aliphatic heterocycles. The van der Waals surface area contributed by atoms with Gasteiger partial charge in [-0.2, -0.15) is 0 Å². The molecule has 0 radical (unpaired) electrons. The first kappa shape index (κ1) is 14.1. The maximum Gasteiger partial charge on any atom is 0.329 e. The van der Waals surface area contributed by atoms with E-state index in [1.54, 1.807) is 26.0 Å². The number of urea groups is 1. The van der Waals surface area contributed by atoms with Crippen LogP contribution in [0, 0.1) is 0 Å². The van der Waals surface area contributed by atoms with E-state index >= 15 is 0 Å². The van der Waals surface area contributed by atoms with E-state index in [2.05, 4.69) is 10.6 Å². The predicted octanol–water partition coefficient (Wildman–Crippen LogP) is 1.72. The van der Waals surface area contributed by atoms with Gasteiger partial charge in [0.2, 0.25) is 0 Å². The summed E-state index contributed by atoms with van der Waals surface area (Å²) in [6, 6.07) is 2.93. The van der Waals surface area contributed by atoms with Crippen molar-refractivity contribution < 1.29 is 19.1 Å². The van der Waals surface area contributed by atoms with Crippen LogP contribution in [-0.2, 0) is 11.3 Å². The van der Waals surface area contributed by atoms with Crippen molar-refractivity contribution in [3.8, 4) is 0 Å². The summed E-state index contributed by atoms with van der Waals surface area (Å²) >= 11 is 0. The van der Waals surface area contributed by atoms with Gasteiger partial charge < -0.3 is 20.2 Å². The molecule has 1 aromatic rings. The Morgan fingerprint density at radius 1 is 1.39 bits per heavy atom. The molecule has 0 aliphatic carbocycles. The Hall–Kier alpha value is -1.98. The van der Waals surface area contributed by atoms with Crippen LogP contribution in [0.2, 0.25) is 0 Å². The standard InChI is InChI=1S/C12H18N2O4/c1-3-12(4-2,10(15)16)14-11(17)13-8-9-6-5-7-18-9/h5-7H,3-4,8H2,1-2H3,(H,15,16)(H2,13,14,17). The maximum atomic E-state index is 11.6. The van der Waals surface area contributed by atoms with E-state index in [4.69, 9.17) is 9.52 Å². The Labute approximate surface area is 105 Å². The second-order valence-corrected chi connectivity index (χ2v) is 3.98. The molecule has 0 spiro atoms. The number of rotatable bonds is 6. The number of furan rings is 1. The normalized spacial score (nSPS) is 11.0. The van der Waals surface area contributed by atoms with E-state index in [0.29, 0.717) is 18.6 Å². The average Bonchev–Trinajstić information content (AvgIpc) is 2.86. The monoisotopic (exact) mass is 254 g/mol. The third-order valence-electron chi connectivity index (χ3n) is 2.97. The van der Waals surface area contributed by atoms with Gasteiger partial charge in [-0.25, -0.2) is 9.59 Å². The molecule has 6 heteroatoms. The lowest BCUT2D eigenvalue weighted by molar-refractivity contribution is -0.144. The second kappa shape index (κ2) is 6.09. The Kier molecular flexibility index (Phi) is 4.76. The number of carboxylic acids is 1. The molecule has 0 saturated heterocycles. The Morgan fingerprint density at radius 2 is 2.06 bits per heavy atom. The molecule has 0 aromatic carbocycles. The summed E-state index contributed by atoms with van der Waals surface area (Å²) in [5, 5.41) is 14.2. The van der Waals surface area contributed by atoms with E-state index in [9.17, 15) is 9.59 Å². The number of aliphatic carboxylic acids is 1. The lowest BCUT2D eigenvalue weighted by atomic mass is 9.93. The van der Waals surface area contributed by atoms with Crippen LogP contribution in [0.4, 0.5) is 4.79 Å². The number of hydrogen-bond acceptors (Lipinski definition) is 3. The first-order chi connectivity index (χ1) is 8.54. The average molecular weight is 254 g/mol. The minimum Gasteiger partial charge on any atom is -0.480 e. The Morgan fingerprint density at radius 3 is 2.50 bits per heavy atom. The fourth-order valence-electron chi connectivity index (χ4n) is 1.62. The van der Waals surface area contributed by atoms with E-state index in [1.807, 2.05) is 0 Å². The number of carbonyl (C=O) groups is 2. The van der Waals surface area contributed by atoms with Gasteiger partial charge in [-0.3, -0.25) is 0 Å². The number of carbonyl (C=O) groups excluding carboxylic acids is 1. The number of amides is 2.